The predicted octanol–water partition coefficient (Wildman–Crippen LogP) is 3.11. The number of hydrogen-bond donors (Lipinski definition) is 1. The van der Waals surface area contributed by atoms with Crippen LogP contribution in [0.4, 0.5) is 0 Å². The van der Waals surface area contributed by atoms with Gasteiger partial charge in [-0.2, -0.15) is 11.3 Å². The molecule has 1 N–H and O–H groups in total. The van der Waals surface area contributed by atoms with Crippen molar-refractivity contribution in [2.45, 2.75) is 18.9 Å². The fourth-order valence-electron chi connectivity index (χ4n) is 2.41. The first-order chi connectivity index (χ1) is 11.1. The quantitative estimate of drug-likeness (QED) is 0.807. The average Bonchev–Trinajstić information content (AvgIpc) is 3.07. The van der Waals surface area contributed by atoms with E-state index in [1.54, 1.807) is 18.4 Å². The molecule has 0 fully saturated rings. The van der Waals surface area contributed by atoms with Crippen LogP contribution >= 0.6 is 11.3 Å². The van der Waals surface area contributed by atoms with E-state index < -0.39 is 0 Å². The Labute approximate surface area is 142 Å². The summed E-state index contributed by atoms with van der Waals surface area (Å²) < 4.78 is 5.13. The molecule has 1 aromatic heterocycles. The summed E-state index contributed by atoms with van der Waals surface area (Å²) in [7, 11) is 5.72. The Morgan fingerprint density at radius 1 is 1.26 bits per heavy atom. The van der Waals surface area contributed by atoms with Gasteiger partial charge in [-0.25, -0.2) is 0 Å². The molecule has 2 rings (SSSR count). The van der Waals surface area contributed by atoms with Crippen molar-refractivity contribution in [2.24, 2.45) is 0 Å². The van der Waals surface area contributed by atoms with E-state index in [1.807, 2.05) is 38.4 Å². The molecule has 1 amide bonds. The maximum atomic E-state index is 12.1. The van der Waals surface area contributed by atoms with Gasteiger partial charge in [0.05, 0.1) is 13.2 Å². The van der Waals surface area contributed by atoms with Crippen LogP contribution in [0.1, 0.15) is 23.6 Å². The van der Waals surface area contributed by atoms with Crippen molar-refractivity contribution in [3.8, 4) is 5.75 Å². The Kier molecular flexibility index (Phi) is 6.62. The summed E-state index contributed by atoms with van der Waals surface area (Å²) in [4.78, 5) is 14.2. The van der Waals surface area contributed by atoms with Crippen LogP contribution in [0.15, 0.2) is 41.1 Å². The lowest BCUT2D eigenvalue weighted by molar-refractivity contribution is -0.121. The lowest BCUT2D eigenvalue weighted by atomic mass is 10.1. The van der Waals surface area contributed by atoms with Crippen LogP contribution in [-0.2, 0) is 11.2 Å². The third kappa shape index (κ3) is 5.37. The molecule has 0 spiro atoms. The Hall–Kier alpha value is -1.85. The van der Waals surface area contributed by atoms with E-state index in [0.29, 0.717) is 13.0 Å². The van der Waals surface area contributed by atoms with Crippen LogP contribution < -0.4 is 10.1 Å². The molecule has 0 bridgehead atoms. The van der Waals surface area contributed by atoms with Crippen molar-refractivity contribution in [1.82, 2.24) is 10.2 Å². The summed E-state index contributed by atoms with van der Waals surface area (Å²) >= 11 is 1.68. The first kappa shape index (κ1) is 17.5. The molecular formula is C18H24N2O2S. The van der Waals surface area contributed by atoms with E-state index in [9.17, 15) is 4.79 Å². The number of rotatable bonds is 8. The summed E-state index contributed by atoms with van der Waals surface area (Å²) in [6.07, 6.45) is 1.23. The summed E-state index contributed by atoms with van der Waals surface area (Å²) in [5.74, 6) is 0.922. The molecule has 124 valence electrons. The van der Waals surface area contributed by atoms with Gasteiger partial charge in [0, 0.05) is 13.0 Å². The molecule has 1 atom stereocenters. The predicted molar refractivity (Wildman–Crippen MR) is 95.1 cm³/mol. The van der Waals surface area contributed by atoms with Crippen molar-refractivity contribution < 1.29 is 9.53 Å². The van der Waals surface area contributed by atoms with Gasteiger partial charge in [0.25, 0.3) is 0 Å². The van der Waals surface area contributed by atoms with Crippen LogP contribution in [0.5, 0.6) is 5.75 Å². The van der Waals surface area contributed by atoms with E-state index >= 15 is 0 Å². The summed E-state index contributed by atoms with van der Waals surface area (Å²) in [5, 5.41) is 7.24. The second kappa shape index (κ2) is 8.70. The number of nitrogens with one attached hydrogen (secondary N) is 1. The highest BCUT2D eigenvalue weighted by Crippen LogP contribution is 2.20. The summed E-state index contributed by atoms with van der Waals surface area (Å²) in [6.45, 7) is 0.630. The van der Waals surface area contributed by atoms with Crippen LogP contribution in [0, 0.1) is 0 Å². The SMILES string of the molecule is COc1ccc(CCC(=O)NC[C@H](c2ccsc2)N(C)C)cc1. The topological polar surface area (TPSA) is 41.6 Å². The highest BCUT2D eigenvalue weighted by molar-refractivity contribution is 7.07. The highest BCUT2D eigenvalue weighted by Gasteiger charge is 2.15. The number of benzene rings is 1. The minimum absolute atomic E-state index is 0.0860. The van der Waals surface area contributed by atoms with Gasteiger partial charge in [0.1, 0.15) is 5.75 Å². The van der Waals surface area contributed by atoms with Crippen molar-refractivity contribution in [3.63, 3.8) is 0 Å². The number of hydrogen-bond acceptors (Lipinski definition) is 4. The number of aryl methyl sites for hydroxylation is 1. The maximum absolute atomic E-state index is 12.1. The Morgan fingerprint density at radius 3 is 2.57 bits per heavy atom. The van der Waals surface area contributed by atoms with Crippen molar-refractivity contribution in [3.05, 3.63) is 52.2 Å². The summed E-state index contributed by atoms with van der Waals surface area (Å²) in [5.41, 5.74) is 2.39. The van der Waals surface area contributed by atoms with Crippen molar-refractivity contribution in [1.29, 1.82) is 0 Å². The smallest absolute Gasteiger partial charge is 0.220 e. The maximum Gasteiger partial charge on any atom is 0.220 e. The fraction of sp³-hybridized carbons (Fsp3) is 0.389. The molecule has 5 heteroatoms. The molecule has 2 aromatic rings. The summed E-state index contributed by atoms with van der Waals surface area (Å²) in [6, 6.07) is 10.2. The molecule has 0 saturated heterocycles. The number of nitrogens with zero attached hydrogens (tertiary/aromatic N) is 1. The molecule has 0 aliphatic heterocycles. The molecule has 0 unspecified atom stereocenters. The highest BCUT2D eigenvalue weighted by atomic mass is 32.1. The van der Waals surface area contributed by atoms with E-state index in [0.717, 1.165) is 17.7 Å². The number of thiophene rings is 1. The molecule has 23 heavy (non-hydrogen) atoms. The third-order valence-electron chi connectivity index (χ3n) is 3.84. The molecule has 0 radical (unpaired) electrons. The monoisotopic (exact) mass is 332 g/mol. The fourth-order valence-corrected chi connectivity index (χ4v) is 3.12. The molecule has 0 aliphatic rings. The average molecular weight is 332 g/mol. The van der Waals surface area contributed by atoms with Crippen LogP contribution in [-0.4, -0.2) is 38.6 Å². The standard InChI is InChI=1S/C18H24N2O2S/c1-20(2)17(15-10-11-23-13-15)12-19-18(21)9-6-14-4-7-16(22-3)8-5-14/h4-5,7-8,10-11,13,17H,6,9,12H2,1-3H3,(H,19,21)/t17-/m1/s1. The van der Waals surface area contributed by atoms with Gasteiger partial charge < -0.3 is 15.0 Å². The van der Waals surface area contributed by atoms with Crippen LogP contribution in [0.2, 0.25) is 0 Å². The van der Waals surface area contributed by atoms with Crippen LogP contribution in [0.3, 0.4) is 0 Å². The first-order valence-corrected chi connectivity index (χ1v) is 8.62. The van der Waals surface area contributed by atoms with E-state index in [1.165, 1.54) is 5.56 Å². The lowest BCUT2D eigenvalue weighted by Crippen LogP contribution is -2.34. The zero-order valence-corrected chi connectivity index (χ0v) is 14.7. The zero-order chi connectivity index (χ0) is 16.7. The molecule has 0 saturated carbocycles. The van der Waals surface area contributed by atoms with Gasteiger partial charge >= 0.3 is 0 Å². The molecule has 0 aliphatic carbocycles. The number of amides is 1. The van der Waals surface area contributed by atoms with Gasteiger partial charge in [-0.3, -0.25) is 4.79 Å². The van der Waals surface area contributed by atoms with Gasteiger partial charge in [0.15, 0.2) is 0 Å². The molecular weight excluding hydrogens is 308 g/mol. The molecule has 4 nitrogen and oxygen atoms in total. The Morgan fingerprint density at radius 2 is 2.00 bits per heavy atom. The van der Waals surface area contributed by atoms with Gasteiger partial charge in [-0.05, 0) is 60.6 Å². The Bertz CT molecular complexity index is 594. The number of likely N-dealkylation sites (N-methyl/N-ethyl adjacent to an activating group) is 1. The Balaban J connectivity index is 1.79. The van der Waals surface area contributed by atoms with Crippen molar-refractivity contribution >= 4 is 17.2 Å². The minimum Gasteiger partial charge on any atom is -0.497 e. The number of carbonyl (C=O) groups excluding carboxylic acids is 1. The molecule has 1 aromatic carbocycles. The van der Waals surface area contributed by atoms with E-state index in [-0.39, 0.29) is 11.9 Å². The second-order valence-electron chi connectivity index (χ2n) is 5.69. The molecule has 1 heterocycles. The lowest BCUT2D eigenvalue weighted by Gasteiger charge is -2.24. The number of ether oxygens (including phenoxy) is 1. The second-order valence-corrected chi connectivity index (χ2v) is 6.47. The minimum atomic E-state index is 0.0860. The van der Waals surface area contributed by atoms with Crippen molar-refractivity contribution in [2.75, 3.05) is 27.7 Å². The first-order valence-electron chi connectivity index (χ1n) is 7.68. The van der Waals surface area contributed by atoms with E-state index in [2.05, 4.69) is 27.0 Å². The normalized spacial score (nSPS) is 12.2. The number of carbonyl (C=O) groups is 1. The number of methoxy groups -OCH3 is 1. The van der Waals surface area contributed by atoms with Gasteiger partial charge in [-0.15, -0.1) is 0 Å². The third-order valence-corrected chi connectivity index (χ3v) is 4.55. The van der Waals surface area contributed by atoms with Crippen LogP contribution in [0.25, 0.3) is 0 Å². The van der Waals surface area contributed by atoms with E-state index in [4.69, 9.17) is 4.74 Å². The zero-order valence-electron chi connectivity index (χ0n) is 13.9. The van der Waals surface area contributed by atoms with Gasteiger partial charge in [0.2, 0.25) is 5.91 Å². The largest absolute Gasteiger partial charge is 0.497 e. The van der Waals surface area contributed by atoms with Gasteiger partial charge in [-0.1, -0.05) is 12.1 Å².